The minimum absolute atomic E-state index is 0.0475. The zero-order valence-corrected chi connectivity index (χ0v) is 11.6. The predicted molar refractivity (Wildman–Crippen MR) is 70.8 cm³/mol. The van der Waals surface area contributed by atoms with E-state index in [1.54, 1.807) is 12.1 Å². The Labute approximate surface area is 115 Å². The maximum Gasteiger partial charge on any atom is 0.403 e. The molecular weight excluding hydrogens is 271 g/mol. The first kappa shape index (κ1) is 16.3. The zero-order chi connectivity index (χ0) is 15.6. The van der Waals surface area contributed by atoms with Gasteiger partial charge in [0.15, 0.2) is 5.92 Å². The Morgan fingerprint density at radius 2 is 1.70 bits per heavy atom. The second-order valence-electron chi connectivity index (χ2n) is 5.64. The lowest BCUT2D eigenvalue weighted by atomic mass is 9.87. The molecule has 0 aliphatic carbocycles. The standard InChI is InChI=1S/C14H18F3NO2/c1-13(2,3)9-4-6-10(7-5-9)18-8-11(12(19)20)14(15,16)17/h4-7,11,18H,8H2,1-3H3,(H,19,20). The monoisotopic (exact) mass is 289 g/mol. The lowest BCUT2D eigenvalue weighted by Gasteiger charge is -2.20. The van der Waals surface area contributed by atoms with Gasteiger partial charge in [0.1, 0.15) is 0 Å². The van der Waals surface area contributed by atoms with E-state index in [2.05, 4.69) is 5.32 Å². The van der Waals surface area contributed by atoms with Crippen molar-refractivity contribution in [3.8, 4) is 0 Å². The number of aliphatic carboxylic acids is 1. The van der Waals surface area contributed by atoms with Crippen molar-refractivity contribution in [3.63, 3.8) is 0 Å². The third-order valence-corrected chi connectivity index (χ3v) is 2.95. The second kappa shape index (κ2) is 5.73. The first-order valence-electron chi connectivity index (χ1n) is 6.16. The number of hydrogen-bond donors (Lipinski definition) is 2. The highest BCUT2D eigenvalue weighted by atomic mass is 19.4. The zero-order valence-electron chi connectivity index (χ0n) is 11.6. The molecule has 1 atom stereocenters. The van der Waals surface area contributed by atoms with Crippen LogP contribution in [0, 0.1) is 5.92 Å². The van der Waals surface area contributed by atoms with Crippen molar-refractivity contribution >= 4 is 11.7 Å². The molecule has 3 nitrogen and oxygen atoms in total. The van der Waals surface area contributed by atoms with Gasteiger partial charge in [0.25, 0.3) is 0 Å². The Balaban J connectivity index is 2.73. The van der Waals surface area contributed by atoms with Crippen molar-refractivity contribution in [1.82, 2.24) is 0 Å². The molecular formula is C14H18F3NO2. The highest BCUT2D eigenvalue weighted by Gasteiger charge is 2.44. The van der Waals surface area contributed by atoms with Crippen molar-refractivity contribution in [1.29, 1.82) is 0 Å². The molecule has 0 heterocycles. The van der Waals surface area contributed by atoms with Gasteiger partial charge >= 0.3 is 12.1 Å². The van der Waals surface area contributed by atoms with Crippen LogP contribution in [0.3, 0.4) is 0 Å². The fourth-order valence-electron chi connectivity index (χ4n) is 1.65. The van der Waals surface area contributed by atoms with E-state index in [4.69, 9.17) is 5.11 Å². The number of benzene rings is 1. The number of rotatable bonds is 4. The van der Waals surface area contributed by atoms with Crippen molar-refractivity contribution in [3.05, 3.63) is 29.8 Å². The van der Waals surface area contributed by atoms with Gasteiger partial charge in [-0.25, -0.2) is 0 Å². The van der Waals surface area contributed by atoms with E-state index < -0.39 is 24.6 Å². The van der Waals surface area contributed by atoms with Crippen LogP contribution in [-0.2, 0) is 10.2 Å². The van der Waals surface area contributed by atoms with Crippen LogP contribution in [0.5, 0.6) is 0 Å². The fraction of sp³-hybridized carbons (Fsp3) is 0.500. The third kappa shape index (κ3) is 4.43. The predicted octanol–water partition coefficient (Wildman–Crippen LogP) is 3.66. The van der Waals surface area contributed by atoms with E-state index in [1.165, 1.54) is 0 Å². The number of anilines is 1. The molecule has 0 saturated heterocycles. The number of carbonyl (C=O) groups is 1. The third-order valence-electron chi connectivity index (χ3n) is 2.95. The first-order valence-corrected chi connectivity index (χ1v) is 6.16. The summed E-state index contributed by atoms with van der Waals surface area (Å²) in [5.74, 6) is -4.29. The average Bonchev–Trinajstić information content (AvgIpc) is 2.26. The quantitative estimate of drug-likeness (QED) is 0.889. The molecule has 1 rings (SSSR count). The van der Waals surface area contributed by atoms with Gasteiger partial charge in [-0.3, -0.25) is 4.79 Å². The number of carboxylic acid groups (broad SMARTS) is 1. The van der Waals surface area contributed by atoms with Gasteiger partial charge in [0.05, 0.1) is 0 Å². The summed E-state index contributed by atoms with van der Waals surface area (Å²) in [6.45, 7) is 5.40. The number of hydrogen-bond acceptors (Lipinski definition) is 2. The molecule has 0 saturated carbocycles. The van der Waals surface area contributed by atoms with Gasteiger partial charge in [-0.05, 0) is 23.1 Å². The molecule has 0 aliphatic heterocycles. The molecule has 6 heteroatoms. The van der Waals surface area contributed by atoms with E-state index in [-0.39, 0.29) is 5.41 Å². The normalized spacial score (nSPS) is 13.9. The summed E-state index contributed by atoms with van der Waals surface area (Å²) in [6, 6.07) is 6.92. The lowest BCUT2D eigenvalue weighted by Crippen LogP contribution is -2.36. The summed E-state index contributed by atoms with van der Waals surface area (Å²) < 4.78 is 37.4. The second-order valence-corrected chi connectivity index (χ2v) is 5.64. The molecule has 0 spiro atoms. The van der Waals surface area contributed by atoms with Crippen molar-refractivity contribution in [2.45, 2.75) is 32.4 Å². The van der Waals surface area contributed by atoms with Crippen LogP contribution in [0.2, 0.25) is 0 Å². The topological polar surface area (TPSA) is 49.3 Å². The van der Waals surface area contributed by atoms with E-state index in [1.807, 2.05) is 32.9 Å². The van der Waals surface area contributed by atoms with E-state index >= 15 is 0 Å². The number of carboxylic acids is 1. The molecule has 112 valence electrons. The summed E-state index contributed by atoms with van der Waals surface area (Å²) in [5, 5.41) is 11.1. The summed E-state index contributed by atoms with van der Waals surface area (Å²) in [4.78, 5) is 10.6. The van der Waals surface area contributed by atoms with Gasteiger partial charge in [0, 0.05) is 12.2 Å². The molecule has 20 heavy (non-hydrogen) atoms. The molecule has 0 amide bonds. The molecule has 1 aromatic rings. The van der Waals surface area contributed by atoms with Crippen LogP contribution in [0.25, 0.3) is 0 Å². The van der Waals surface area contributed by atoms with Gasteiger partial charge in [-0.2, -0.15) is 13.2 Å². The number of nitrogens with one attached hydrogen (secondary N) is 1. The lowest BCUT2D eigenvalue weighted by molar-refractivity contribution is -0.190. The Morgan fingerprint density at radius 1 is 1.20 bits per heavy atom. The number of halogens is 3. The smallest absolute Gasteiger partial charge is 0.403 e. The minimum Gasteiger partial charge on any atom is -0.481 e. The Bertz CT molecular complexity index is 461. The van der Waals surface area contributed by atoms with Crippen LogP contribution in [0.4, 0.5) is 18.9 Å². The Morgan fingerprint density at radius 3 is 2.05 bits per heavy atom. The molecule has 0 aliphatic rings. The summed E-state index contributed by atoms with van der Waals surface area (Å²) >= 11 is 0. The Kier molecular flexibility index (Phi) is 4.68. The average molecular weight is 289 g/mol. The van der Waals surface area contributed by atoms with E-state index in [0.717, 1.165) is 5.56 Å². The molecule has 0 bridgehead atoms. The molecule has 0 fully saturated rings. The first-order chi connectivity index (χ1) is 9.01. The molecule has 0 aromatic heterocycles. The van der Waals surface area contributed by atoms with Crippen molar-refractivity contribution < 1.29 is 23.1 Å². The maximum absolute atomic E-state index is 12.5. The van der Waals surface area contributed by atoms with Crippen LogP contribution >= 0.6 is 0 Å². The van der Waals surface area contributed by atoms with Crippen molar-refractivity contribution in [2.24, 2.45) is 5.92 Å². The van der Waals surface area contributed by atoms with E-state index in [0.29, 0.717) is 5.69 Å². The number of alkyl halides is 3. The van der Waals surface area contributed by atoms with Crippen LogP contribution in [0.1, 0.15) is 26.3 Å². The molecule has 1 unspecified atom stereocenters. The Hall–Kier alpha value is -1.72. The van der Waals surface area contributed by atoms with Gasteiger partial charge < -0.3 is 10.4 Å². The van der Waals surface area contributed by atoms with Crippen LogP contribution in [-0.4, -0.2) is 23.8 Å². The SMILES string of the molecule is CC(C)(C)c1ccc(NCC(C(=O)O)C(F)(F)F)cc1. The molecule has 0 radical (unpaired) electrons. The highest BCUT2D eigenvalue weighted by molar-refractivity contribution is 5.71. The van der Waals surface area contributed by atoms with E-state index in [9.17, 15) is 18.0 Å². The highest BCUT2D eigenvalue weighted by Crippen LogP contribution is 2.27. The van der Waals surface area contributed by atoms with Gasteiger partial charge in [-0.15, -0.1) is 0 Å². The minimum atomic E-state index is -4.76. The summed E-state index contributed by atoms with van der Waals surface area (Å²) in [5.41, 5.74) is 1.47. The van der Waals surface area contributed by atoms with Crippen molar-refractivity contribution in [2.75, 3.05) is 11.9 Å². The molecule has 1 aromatic carbocycles. The van der Waals surface area contributed by atoms with Crippen LogP contribution < -0.4 is 5.32 Å². The fourth-order valence-corrected chi connectivity index (χ4v) is 1.65. The summed E-state index contributed by atoms with van der Waals surface area (Å²) in [6.07, 6.45) is -4.76. The van der Waals surface area contributed by atoms with Crippen LogP contribution in [0.15, 0.2) is 24.3 Å². The molecule has 2 N–H and O–H groups in total. The van der Waals surface area contributed by atoms with Gasteiger partial charge in [-0.1, -0.05) is 32.9 Å². The summed E-state index contributed by atoms with van der Waals surface area (Å²) in [7, 11) is 0. The van der Waals surface area contributed by atoms with Gasteiger partial charge in [0.2, 0.25) is 0 Å². The maximum atomic E-state index is 12.5. The largest absolute Gasteiger partial charge is 0.481 e.